The molecular weight excluding hydrogens is 188 g/mol. The molecule has 1 aliphatic rings. The van der Waals surface area contributed by atoms with Gasteiger partial charge in [-0.3, -0.25) is 20.2 Å². The second-order valence-electron chi connectivity index (χ2n) is 2.40. The number of barbiturate groups is 1. The summed E-state index contributed by atoms with van der Waals surface area (Å²) in [5.74, 6) is -1.10. The van der Waals surface area contributed by atoms with E-state index in [1.807, 2.05) is 22.8 Å². The van der Waals surface area contributed by atoms with Crippen LogP contribution < -0.4 is 10.6 Å². The summed E-state index contributed by atoms with van der Waals surface area (Å²) in [6.07, 6.45) is 2.99. The van der Waals surface area contributed by atoms with Crippen LogP contribution in [0.5, 0.6) is 0 Å². The summed E-state index contributed by atoms with van der Waals surface area (Å²) in [6.45, 7) is 0. The van der Waals surface area contributed by atoms with Gasteiger partial charge >= 0.3 is 6.03 Å². The molecule has 4 amide bonds. The molecule has 2 heterocycles. The molecule has 1 saturated heterocycles. The Kier molecular flexibility index (Phi) is 3.42. The van der Waals surface area contributed by atoms with E-state index in [1.54, 1.807) is 12.5 Å². The van der Waals surface area contributed by atoms with E-state index in [0.717, 1.165) is 0 Å². The van der Waals surface area contributed by atoms with Crippen LogP contribution in [-0.2, 0) is 9.59 Å². The SMILES string of the molecule is O=C1CC(=O)NC(=O)N1.c1ccoc1. The molecule has 6 nitrogen and oxygen atoms in total. The van der Waals surface area contributed by atoms with E-state index in [-0.39, 0.29) is 6.42 Å². The summed E-state index contributed by atoms with van der Waals surface area (Å²) < 4.78 is 4.58. The second kappa shape index (κ2) is 4.80. The fraction of sp³-hybridized carbons (Fsp3) is 0.125. The second-order valence-corrected chi connectivity index (χ2v) is 2.40. The molecule has 0 saturated carbocycles. The average Bonchev–Trinajstić information content (AvgIpc) is 2.56. The Labute approximate surface area is 79.3 Å². The molecule has 0 aliphatic carbocycles. The maximum absolute atomic E-state index is 10.3. The van der Waals surface area contributed by atoms with Crippen molar-refractivity contribution in [3.8, 4) is 0 Å². The van der Waals surface area contributed by atoms with Gasteiger partial charge in [0.15, 0.2) is 0 Å². The normalized spacial score (nSPS) is 15.0. The smallest absolute Gasteiger partial charge is 0.328 e. The number of carbonyl (C=O) groups excluding carboxylic acids is 3. The number of furan rings is 1. The highest BCUT2D eigenvalue weighted by atomic mass is 16.3. The number of carbonyl (C=O) groups is 3. The first-order valence-electron chi connectivity index (χ1n) is 3.79. The standard InChI is InChI=1S/C4H4N2O3.C4H4O/c7-2-1-3(8)6-4(9)5-2;1-2-4-5-3-1/h1H2,(H2,5,6,7,8,9);1-4H. The lowest BCUT2D eigenvalue weighted by Crippen LogP contribution is -2.49. The average molecular weight is 196 g/mol. The van der Waals surface area contributed by atoms with Gasteiger partial charge in [-0.1, -0.05) is 0 Å². The molecule has 6 heteroatoms. The van der Waals surface area contributed by atoms with Crippen LogP contribution in [0.1, 0.15) is 6.42 Å². The first kappa shape index (κ1) is 9.97. The quantitative estimate of drug-likeness (QED) is 0.572. The third kappa shape index (κ3) is 3.53. The molecule has 0 atom stereocenters. The zero-order valence-corrected chi connectivity index (χ0v) is 7.15. The molecule has 0 bridgehead atoms. The van der Waals surface area contributed by atoms with Crippen LogP contribution >= 0.6 is 0 Å². The fourth-order valence-corrected chi connectivity index (χ4v) is 0.746. The Morgan fingerprint density at radius 1 is 1.00 bits per heavy atom. The Hall–Kier alpha value is -2.11. The summed E-state index contributed by atoms with van der Waals surface area (Å²) in [7, 11) is 0. The van der Waals surface area contributed by atoms with Gasteiger partial charge in [0.05, 0.1) is 12.5 Å². The minimum atomic E-state index is -0.740. The highest BCUT2D eigenvalue weighted by Gasteiger charge is 2.20. The molecule has 0 unspecified atom stereocenters. The summed E-state index contributed by atoms with van der Waals surface area (Å²) >= 11 is 0. The van der Waals surface area contributed by atoms with Crippen molar-refractivity contribution in [3.63, 3.8) is 0 Å². The third-order valence-corrected chi connectivity index (χ3v) is 1.25. The van der Waals surface area contributed by atoms with Crippen molar-refractivity contribution < 1.29 is 18.8 Å². The van der Waals surface area contributed by atoms with Gasteiger partial charge in [0.25, 0.3) is 0 Å². The molecular formula is C8H8N2O4. The third-order valence-electron chi connectivity index (χ3n) is 1.25. The van der Waals surface area contributed by atoms with E-state index in [0.29, 0.717) is 0 Å². The lowest BCUT2D eigenvalue weighted by Gasteiger charge is -2.09. The summed E-state index contributed by atoms with van der Waals surface area (Å²) in [5, 5.41) is 3.80. The van der Waals surface area contributed by atoms with Gasteiger partial charge < -0.3 is 4.42 Å². The number of nitrogens with one attached hydrogen (secondary N) is 2. The van der Waals surface area contributed by atoms with Crippen LogP contribution in [0.4, 0.5) is 4.79 Å². The van der Waals surface area contributed by atoms with Crippen molar-refractivity contribution in [2.75, 3.05) is 0 Å². The number of hydrogen-bond donors (Lipinski definition) is 2. The summed E-state index contributed by atoms with van der Waals surface area (Å²) in [4.78, 5) is 30.8. The molecule has 1 aromatic rings. The zero-order chi connectivity index (χ0) is 10.4. The van der Waals surface area contributed by atoms with Gasteiger partial charge in [-0.25, -0.2) is 4.79 Å². The topological polar surface area (TPSA) is 88.4 Å². The Morgan fingerprint density at radius 3 is 1.79 bits per heavy atom. The van der Waals surface area contributed by atoms with Crippen LogP contribution in [-0.4, -0.2) is 17.8 Å². The van der Waals surface area contributed by atoms with Gasteiger partial charge in [-0.15, -0.1) is 0 Å². The maximum Gasteiger partial charge on any atom is 0.328 e. The van der Waals surface area contributed by atoms with Gasteiger partial charge in [0.2, 0.25) is 11.8 Å². The van der Waals surface area contributed by atoms with Crippen LogP contribution in [0.2, 0.25) is 0 Å². The maximum atomic E-state index is 10.3. The van der Waals surface area contributed by atoms with Crippen LogP contribution in [0.15, 0.2) is 29.1 Å². The Bertz CT molecular complexity index is 269. The minimum Gasteiger partial charge on any atom is -0.473 e. The summed E-state index contributed by atoms with van der Waals surface area (Å²) in [5.41, 5.74) is 0. The monoisotopic (exact) mass is 196 g/mol. The lowest BCUT2D eigenvalue weighted by molar-refractivity contribution is -0.129. The molecule has 74 valence electrons. The zero-order valence-electron chi connectivity index (χ0n) is 7.15. The Balaban J connectivity index is 0.000000165. The van der Waals surface area contributed by atoms with Crippen LogP contribution in [0.25, 0.3) is 0 Å². The highest BCUT2D eigenvalue weighted by molar-refractivity contribution is 6.14. The number of rotatable bonds is 0. The van der Waals surface area contributed by atoms with Gasteiger partial charge in [-0.2, -0.15) is 0 Å². The molecule has 1 aliphatic heterocycles. The number of imide groups is 2. The highest BCUT2D eigenvalue weighted by Crippen LogP contribution is 1.85. The fourth-order valence-electron chi connectivity index (χ4n) is 0.746. The van der Waals surface area contributed by atoms with Crippen molar-refractivity contribution in [1.29, 1.82) is 0 Å². The molecule has 0 radical (unpaired) electrons. The minimum absolute atomic E-state index is 0.258. The van der Waals surface area contributed by atoms with E-state index in [2.05, 4.69) is 4.42 Å². The van der Waals surface area contributed by atoms with E-state index in [1.165, 1.54) is 0 Å². The van der Waals surface area contributed by atoms with Crippen molar-refractivity contribution in [1.82, 2.24) is 10.6 Å². The predicted molar refractivity (Wildman–Crippen MR) is 45.0 cm³/mol. The molecule has 14 heavy (non-hydrogen) atoms. The first-order chi connectivity index (χ1) is 6.68. The largest absolute Gasteiger partial charge is 0.473 e. The predicted octanol–water partition coefficient (Wildman–Crippen LogP) is 0.0221. The number of hydrogen-bond acceptors (Lipinski definition) is 4. The Morgan fingerprint density at radius 2 is 1.50 bits per heavy atom. The van der Waals surface area contributed by atoms with E-state index >= 15 is 0 Å². The van der Waals surface area contributed by atoms with Gasteiger partial charge in [-0.05, 0) is 12.1 Å². The molecule has 2 rings (SSSR count). The lowest BCUT2D eigenvalue weighted by atomic mass is 10.3. The van der Waals surface area contributed by atoms with Crippen LogP contribution in [0, 0.1) is 0 Å². The van der Waals surface area contributed by atoms with Crippen molar-refractivity contribution >= 4 is 17.8 Å². The van der Waals surface area contributed by atoms with E-state index in [4.69, 9.17) is 0 Å². The summed E-state index contributed by atoms with van der Waals surface area (Å²) in [6, 6.07) is 2.93. The van der Waals surface area contributed by atoms with Crippen LogP contribution in [0.3, 0.4) is 0 Å². The van der Waals surface area contributed by atoms with Crippen molar-refractivity contribution in [3.05, 3.63) is 24.7 Å². The number of amides is 4. The molecule has 2 N–H and O–H groups in total. The number of urea groups is 1. The molecule has 0 spiro atoms. The van der Waals surface area contributed by atoms with Gasteiger partial charge in [0, 0.05) is 0 Å². The van der Waals surface area contributed by atoms with E-state index < -0.39 is 17.8 Å². The van der Waals surface area contributed by atoms with Gasteiger partial charge in [0.1, 0.15) is 6.42 Å². The molecule has 1 aromatic heterocycles. The molecule has 0 aromatic carbocycles. The van der Waals surface area contributed by atoms with E-state index in [9.17, 15) is 14.4 Å². The van der Waals surface area contributed by atoms with Crippen molar-refractivity contribution in [2.45, 2.75) is 6.42 Å². The first-order valence-corrected chi connectivity index (χ1v) is 3.79. The van der Waals surface area contributed by atoms with Crippen molar-refractivity contribution in [2.24, 2.45) is 0 Å². The molecule has 1 fully saturated rings.